The van der Waals surface area contributed by atoms with Crippen LogP contribution in [0.15, 0.2) is 18.2 Å². The van der Waals surface area contributed by atoms with E-state index >= 15 is 0 Å². The first kappa shape index (κ1) is 12.6. The number of hydrogen-bond acceptors (Lipinski definition) is 5. The molecule has 0 fully saturated rings. The van der Waals surface area contributed by atoms with Gasteiger partial charge in [-0.3, -0.25) is 19.7 Å². The van der Waals surface area contributed by atoms with Gasteiger partial charge in [-0.2, -0.15) is 0 Å². The molecule has 0 bridgehead atoms. The Hall–Kier alpha value is -2.44. The zero-order chi connectivity index (χ0) is 12.8. The summed E-state index contributed by atoms with van der Waals surface area (Å²) in [5.74, 6) is -0.496. The number of amides is 1. The molecule has 0 aromatic heterocycles. The van der Waals surface area contributed by atoms with Gasteiger partial charge in [0.2, 0.25) is 5.91 Å². The number of nitrogens with one attached hydrogen (secondary N) is 1. The summed E-state index contributed by atoms with van der Waals surface area (Å²) in [5, 5.41) is 13.5. The molecule has 1 rings (SSSR count). The number of nitro benzene ring substituents is 1. The van der Waals surface area contributed by atoms with Crippen LogP contribution in [0.4, 0.5) is 11.4 Å². The van der Waals surface area contributed by atoms with Gasteiger partial charge < -0.3 is 11.1 Å². The number of hydrogen-bond donors (Lipinski definition) is 2. The number of aldehydes is 1. The van der Waals surface area contributed by atoms with E-state index in [2.05, 4.69) is 5.32 Å². The van der Waals surface area contributed by atoms with E-state index in [1.807, 2.05) is 0 Å². The lowest BCUT2D eigenvalue weighted by Crippen LogP contribution is -2.16. The van der Waals surface area contributed by atoms with Gasteiger partial charge in [-0.1, -0.05) is 0 Å². The minimum absolute atomic E-state index is 0.0760. The van der Waals surface area contributed by atoms with Gasteiger partial charge in [0.1, 0.15) is 12.0 Å². The molecule has 1 aromatic carbocycles. The highest BCUT2D eigenvalue weighted by Gasteiger charge is 2.14. The molecular formula is C10H11N3O4. The Bertz CT molecular complexity index is 459. The van der Waals surface area contributed by atoms with E-state index in [4.69, 9.17) is 5.73 Å². The number of benzene rings is 1. The molecule has 90 valence electrons. The third kappa shape index (κ3) is 3.56. The Labute approximate surface area is 96.8 Å². The van der Waals surface area contributed by atoms with Crippen LogP contribution in [0.25, 0.3) is 0 Å². The largest absolute Gasteiger partial charge is 0.379 e. The van der Waals surface area contributed by atoms with Crippen molar-refractivity contribution in [3.63, 3.8) is 0 Å². The fourth-order valence-electron chi connectivity index (χ4n) is 1.24. The summed E-state index contributed by atoms with van der Waals surface area (Å²) >= 11 is 0. The minimum atomic E-state index is -0.598. The average molecular weight is 237 g/mol. The Morgan fingerprint density at radius 3 is 2.76 bits per heavy atom. The van der Waals surface area contributed by atoms with Crippen LogP contribution < -0.4 is 11.1 Å². The molecular weight excluding hydrogens is 226 g/mol. The number of primary amides is 1. The van der Waals surface area contributed by atoms with Crippen LogP contribution >= 0.6 is 0 Å². The van der Waals surface area contributed by atoms with Gasteiger partial charge in [0.05, 0.1) is 4.92 Å². The minimum Gasteiger partial charge on any atom is -0.379 e. The monoisotopic (exact) mass is 237 g/mol. The highest BCUT2D eigenvalue weighted by Crippen LogP contribution is 2.24. The molecule has 3 N–H and O–H groups in total. The first-order chi connectivity index (χ1) is 8.04. The van der Waals surface area contributed by atoms with E-state index in [1.165, 1.54) is 18.2 Å². The van der Waals surface area contributed by atoms with Crippen molar-refractivity contribution in [2.45, 2.75) is 6.42 Å². The third-order valence-electron chi connectivity index (χ3n) is 2.04. The Balaban J connectivity index is 2.86. The first-order valence-electron chi connectivity index (χ1n) is 4.80. The maximum atomic E-state index is 10.7. The molecule has 0 unspecified atom stereocenters. The molecule has 0 saturated carbocycles. The van der Waals surface area contributed by atoms with E-state index in [0.29, 0.717) is 6.29 Å². The molecule has 0 radical (unpaired) electrons. The summed E-state index contributed by atoms with van der Waals surface area (Å²) in [4.78, 5) is 31.1. The second-order valence-corrected chi connectivity index (χ2v) is 3.29. The maximum Gasteiger partial charge on any atom is 0.293 e. The van der Waals surface area contributed by atoms with Crippen LogP contribution in [0.5, 0.6) is 0 Å². The number of nitrogens with two attached hydrogens (primary N) is 1. The van der Waals surface area contributed by atoms with Crippen LogP contribution in [0.3, 0.4) is 0 Å². The number of carbonyl (C=O) groups excluding carboxylic acids is 2. The predicted octanol–water partition coefficient (Wildman–Crippen LogP) is 0.695. The molecule has 0 aliphatic rings. The molecule has 0 heterocycles. The SMILES string of the molecule is NC(=O)CCNc1ccc(C=O)cc1[N+](=O)[O-]. The summed E-state index contributed by atoms with van der Waals surface area (Å²) in [5.41, 5.74) is 5.20. The third-order valence-corrected chi connectivity index (χ3v) is 2.04. The number of anilines is 1. The van der Waals surface area contributed by atoms with Crippen LogP contribution in [0.2, 0.25) is 0 Å². The summed E-state index contributed by atoms with van der Waals surface area (Å²) in [6.45, 7) is 0.205. The van der Waals surface area contributed by atoms with Crippen molar-refractivity contribution in [3.8, 4) is 0 Å². The van der Waals surface area contributed by atoms with E-state index in [-0.39, 0.29) is 29.9 Å². The lowest BCUT2D eigenvalue weighted by molar-refractivity contribution is -0.384. The Kier molecular flexibility index (Phi) is 4.15. The number of nitrogens with zero attached hydrogens (tertiary/aromatic N) is 1. The predicted molar refractivity (Wildman–Crippen MR) is 60.8 cm³/mol. The smallest absolute Gasteiger partial charge is 0.293 e. The standard InChI is InChI=1S/C10H11N3O4/c11-10(15)3-4-12-8-2-1-7(6-14)5-9(8)13(16)17/h1-2,5-6,12H,3-4H2,(H2,11,15). The molecule has 7 heteroatoms. The van der Waals surface area contributed by atoms with Crippen molar-refractivity contribution >= 4 is 23.6 Å². The average Bonchev–Trinajstić information content (AvgIpc) is 2.28. The van der Waals surface area contributed by atoms with Gasteiger partial charge in [-0.05, 0) is 12.1 Å². The second-order valence-electron chi connectivity index (χ2n) is 3.29. The second kappa shape index (κ2) is 5.59. The van der Waals surface area contributed by atoms with Crippen LogP contribution in [0, 0.1) is 10.1 Å². The van der Waals surface area contributed by atoms with E-state index < -0.39 is 10.8 Å². The molecule has 0 spiro atoms. The normalized spacial score (nSPS) is 9.65. The fourth-order valence-corrected chi connectivity index (χ4v) is 1.24. The van der Waals surface area contributed by atoms with Crippen LogP contribution in [-0.2, 0) is 4.79 Å². The first-order valence-corrected chi connectivity index (χ1v) is 4.80. The van der Waals surface area contributed by atoms with Gasteiger partial charge in [0.25, 0.3) is 5.69 Å². The Morgan fingerprint density at radius 1 is 1.53 bits per heavy atom. The van der Waals surface area contributed by atoms with Gasteiger partial charge in [0.15, 0.2) is 0 Å². The molecule has 7 nitrogen and oxygen atoms in total. The molecule has 0 atom stereocenters. The molecule has 0 saturated heterocycles. The van der Waals surface area contributed by atoms with E-state index in [9.17, 15) is 19.7 Å². The lowest BCUT2D eigenvalue weighted by atomic mass is 10.2. The summed E-state index contributed by atoms with van der Waals surface area (Å²) < 4.78 is 0. The van der Waals surface area contributed by atoms with Gasteiger partial charge in [-0.15, -0.1) is 0 Å². The number of rotatable bonds is 6. The molecule has 0 aliphatic heterocycles. The molecule has 1 amide bonds. The number of carbonyl (C=O) groups is 2. The Morgan fingerprint density at radius 2 is 2.24 bits per heavy atom. The maximum absolute atomic E-state index is 10.7. The zero-order valence-corrected chi connectivity index (χ0v) is 8.88. The van der Waals surface area contributed by atoms with Crippen LogP contribution in [0.1, 0.15) is 16.8 Å². The highest BCUT2D eigenvalue weighted by atomic mass is 16.6. The van der Waals surface area contributed by atoms with Crippen molar-refractivity contribution in [1.29, 1.82) is 0 Å². The summed E-state index contributed by atoms with van der Waals surface area (Å²) in [6.07, 6.45) is 0.604. The summed E-state index contributed by atoms with van der Waals surface area (Å²) in [6, 6.07) is 4.04. The zero-order valence-electron chi connectivity index (χ0n) is 8.88. The van der Waals surface area contributed by atoms with Gasteiger partial charge >= 0.3 is 0 Å². The topological polar surface area (TPSA) is 115 Å². The van der Waals surface area contributed by atoms with E-state index in [0.717, 1.165) is 0 Å². The molecule has 0 aliphatic carbocycles. The number of nitro groups is 1. The summed E-state index contributed by atoms with van der Waals surface area (Å²) in [7, 11) is 0. The van der Waals surface area contributed by atoms with Crippen molar-refractivity contribution < 1.29 is 14.5 Å². The van der Waals surface area contributed by atoms with Crippen molar-refractivity contribution in [2.24, 2.45) is 5.73 Å². The molecule has 1 aromatic rings. The van der Waals surface area contributed by atoms with Crippen LogP contribution in [-0.4, -0.2) is 23.7 Å². The fraction of sp³-hybridized carbons (Fsp3) is 0.200. The van der Waals surface area contributed by atoms with Crippen molar-refractivity contribution in [3.05, 3.63) is 33.9 Å². The highest BCUT2D eigenvalue weighted by molar-refractivity contribution is 5.79. The lowest BCUT2D eigenvalue weighted by Gasteiger charge is -2.05. The van der Waals surface area contributed by atoms with Crippen molar-refractivity contribution in [2.75, 3.05) is 11.9 Å². The van der Waals surface area contributed by atoms with Gasteiger partial charge in [0, 0.05) is 24.6 Å². The van der Waals surface area contributed by atoms with Gasteiger partial charge in [-0.25, -0.2) is 0 Å². The van der Waals surface area contributed by atoms with Crippen molar-refractivity contribution in [1.82, 2.24) is 0 Å². The quantitative estimate of drug-likeness (QED) is 0.429. The van der Waals surface area contributed by atoms with E-state index in [1.54, 1.807) is 0 Å². The molecule has 17 heavy (non-hydrogen) atoms.